The Balaban J connectivity index is 1.52. The molecule has 0 aliphatic carbocycles. The lowest BCUT2D eigenvalue weighted by Gasteiger charge is -2.22. The third-order valence-electron chi connectivity index (χ3n) is 4.69. The average Bonchev–Trinajstić information content (AvgIpc) is 3.23. The van der Waals surface area contributed by atoms with E-state index in [4.69, 9.17) is 0 Å². The number of amides is 1. The molecule has 132 valence electrons. The van der Waals surface area contributed by atoms with Gasteiger partial charge in [-0.3, -0.25) is 9.36 Å². The summed E-state index contributed by atoms with van der Waals surface area (Å²) in [7, 11) is 0. The van der Waals surface area contributed by atoms with Crippen LogP contribution in [0.2, 0.25) is 0 Å². The molecule has 5 nitrogen and oxygen atoms in total. The maximum atomic E-state index is 12.9. The molecule has 0 N–H and O–H groups in total. The summed E-state index contributed by atoms with van der Waals surface area (Å²) in [6.07, 6.45) is 2.61. The maximum absolute atomic E-state index is 12.9. The van der Waals surface area contributed by atoms with Crippen molar-refractivity contribution in [1.82, 2.24) is 14.8 Å². The summed E-state index contributed by atoms with van der Waals surface area (Å²) >= 11 is 1.43. The van der Waals surface area contributed by atoms with Crippen molar-refractivity contribution in [3.05, 3.63) is 66.0 Å². The molecule has 1 aliphatic heterocycles. The molecule has 0 fully saturated rings. The second-order valence-electron chi connectivity index (χ2n) is 6.50. The highest BCUT2D eigenvalue weighted by Crippen LogP contribution is 2.33. The van der Waals surface area contributed by atoms with Crippen molar-refractivity contribution in [2.45, 2.75) is 31.5 Å². The average molecular weight is 364 g/mol. The van der Waals surface area contributed by atoms with E-state index in [1.54, 1.807) is 6.33 Å². The predicted molar refractivity (Wildman–Crippen MR) is 104 cm³/mol. The van der Waals surface area contributed by atoms with Crippen LogP contribution in [0.15, 0.2) is 60.0 Å². The third kappa shape index (κ3) is 3.01. The van der Waals surface area contributed by atoms with Crippen molar-refractivity contribution in [3.63, 3.8) is 0 Å². The molecule has 3 aromatic rings. The Morgan fingerprint density at radius 2 is 1.88 bits per heavy atom. The van der Waals surface area contributed by atoms with Gasteiger partial charge >= 0.3 is 0 Å². The predicted octanol–water partition coefficient (Wildman–Crippen LogP) is 3.65. The zero-order valence-corrected chi connectivity index (χ0v) is 15.6. The zero-order valence-electron chi connectivity index (χ0n) is 14.8. The van der Waals surface area contributed by atoms with E-state index in [0.717, 1.165) is 28.5 Å². The zero-order chi connectivity index (χ0) is 18.1. The molecule has 0 unspecified atom stereocenters. The number of para-hydroxylation sites is 2. The fourth-order valence-electron chi connectivity index (χ4n) is 3.46. The molecule has 0 bridgehead atoms. The largest absolute Gasteiger partial charge is 0.308 e. The van der Waals surface area contributed by atoms with Gasteiger partial charge in [-0.25, -0.2) is 0 Å². The van der Waals surface area contributed by atoms with E-state index in [-0.39, 0.29) is 11.9 Å². The lowest BCUT2D eigenvalue weighted by molar-refractivity contribution is -0.116. The Morgan fingerprint density at radius 3 is 2.69 bits per heavy atom. The highest BCUT2D eigenvalue weighted by molar-refractivity contribution is 7.99. The number of thioether (sulfide) groups is 1. The summed E-state index contributed by atoms with van der Waals surface area (Å²) in [4.78, 5) is 14.8. The van der Waals surface area contributed by atoms with Crippen molar-refractivity contribution < 1.29 is 4.79 Å². The summed E-state index contributed by atoms with van der Waals surface area (Å²) in [5, 5.41) is 8.96. The van der Waals surface area contributed by atoms with Crippen LogP contribution >= 0.6 is 11.8 Å². The standard InChI is InChI=1S/C20H20N4OS/c1-14-7-3-5-9-17(14)23-13-21-22-20(23)26-12-19(25)24-15(2)11-16-8-4-6-10-18(16)24/h3-10,13,15H,11-12H2,1-2H3/t15-/m1/s1. The Hall–Kier alpha value is -2.60. The van der Waals surface area contributed by atoms with Gasteiger partial charge < -0.3 is 4.90 Å². The molecule has 2 heterocycles. The van der Waals surface area contributed by atoms with Crippen LogP contribution in [0.5, 0.6) is 0 Å². The summed E-state index contributed by atoms with van der Waals surface area (Å²) in [6, 6.07) is 16.4. The van der Waals surface area contributed by atoms with Gasteiger partial charge in [-0.2, -0.15) is 0 Å². The number of fused-ring (bicyclic) bond motifs is 1. The highest BCUT2D eigenvalue weighted by atomic mass is 32.2. The van der Waals surface area contributed by atoms with E-state index in [1.165, 1.54) is 17.3 Å². The first-order chi connectivity index (χ1) is 12.6. The lowest BCUT2D eigenvalue weighted by atomic mass is 10.1. The van der Waals surface area contributed by atoms with Crippen molar-refractivity contribution >= 4 is 23.4 Å². The summed E-state index contributed by atoms with van der Waals surface area (Å²) in [6.45, 7) is 4.15. The molecule has 0 spiro atoms. The smallest absolute Gasteiger partial charge is 0.237 e. The van der Waals surface area contributed by atoms with E-state index >= 15 is 0 Å². The third-order valence-corrected chi connectivity index (χ3v) is 5.62. The minimum atomic E-state index is 0.104. The van der Waals surface area contributed by atoms with E-state index < -0.39 is 0 Å². The minimum absolute atomic E-state index is 0.104. The quantitative estimate of drug-likeness (QED) is 0.663. The number of anilines is 1. The first-order valence-electron chi connectivity index (χ1n) is 8.64. The van der Waals surface area contributed by atoms with Crippen LogP contribution in [0.4, 0.5) is 5.69 Å². The number of benzene rings is 2. The number of nitrogens with zero attached hydrogens (tertiary/aromatic N) is 4. The maximum Gasteiger partial charge on any atom is 0.237 e. The molecule has 1 atom stereocenters. The van der Waals surface area contributed by atoms with Crippen LogP contribution in [-0.4, -0.2) is 32.5 Å². The molecule has 0 saturated heterocycles. The number of aryl methyl sites for hydroxylation is 1. The molecule has 1 aromatic heterocycles. The highest BCUT2D eigenvalue weighted by Gasteiger charge is 2.30. The monoisotopic (exact) mass is 364 g/mol. The Kier molecular flexibility index (Phi) is 4.51. The van der Waals surface area contributed by atoms with Crippen molar-refractivity contribution in [2.75, 3.05) is 10.7 Å². The second kappa shape index (κ2) is 6.96. The molecule has 1 aliphatic rings. The minimum Gasteiger partial charge on any atom is -0.308 e. The first kappa shape index (κ1) is 16.8. The SMILES string of the molecule is Cc1ccccc1-n1cnnc1SCC(=O)N1c2ccccc2C[C@H]1C. The van der Waals surface area contributed by atoms with Gasteiger partial charge in [-0.05, 0) is 43.5 Å². The molecule has 1 amide bonds. The lowest BCUT2D eigenvalue weighted by Crippen LogP contribution is -2.37. The van der Waals surface area contributed by atoms with Crippen LogP contribution in [-0.2, 0) is 11.2 Å². The molecule has 4 rings (SSSR count). The molecule has 26 heavy (non-hydrogen) atoms. The molecule has 6 heteroatoms. The Labute approximate surface area is 157 Å². The van der Waals surface area contributed by atoms with E-state index in [2.05, 4.69) is 36.2 Å². The van der Waals surface area contributed by atoms with Gasteiger partial charge in [0.2, 0.25) is 5.91 Å². The second-order valence-corrected chi connectivity index (χ2v) is 7.45. The van der Waals surface area contributed by atoms with Crippen molar-refractivity contribution in [1.29, 1.82) is 0 Å². The van der Waals surface area contributed by atoms with Crippen molar-refractivity contribution in [2.24, 2.45) is 0 Å². The molecule has 0 radical (unpaired) electrons. The van der Waals surface area contributed by atoms with E-state index in [9.17, 15) is 4.79 Å². The van der Waals surface area contributed by atoms with Crippen LogP contribution < -0.4 is 4.90 Å². The summed E-state index contributed by atoms with van der Waals surface area (Å²) in [5.41, 5.74) is 4.45. The van der Waals surface area contributed by atoms with Crippen LogP contribution in [0.1, 0.15) is 18.1 Å². The van der Waals surface area contributed by atoms with Gasteiger partial charge in [0.05, 0.1) is 11.4 Å². The van der Waals surface area contributed by atoms with E-state index in [1.807, 2.05) is 45.9 Å². The Bertz CT molecular complexity index is 952. The number of carbonyl (C=O) groups excluding carboxylic acids is 1. The first-order valence-corrected chi connectivity index (χ1v) is 9.62. The van der Waals surface area contributed by atoms with Crippen LogP contribution in [0.25, 0.3) is 5.69 Å². The molecular weight excluding hydrogens is 344 g/mol. The van der Waals surface area contributed by atoms with Gasteiger partial charge in [0.15, 0.2) is 5.16 Å². The van der Waals surface area contributed by atoms with Crippen LogP contribution in [0.3, 0.4) is 0 Å². The van der Waals surface area contributed by atoms with Gasteiger partial charge in [-0.1, -0.05) is 48.2 Å². The fraction of sp³-hybridized carbons (Fsp3) is 0.250. The fourth-order valence-corrected chi connectivity index (χ4v) is 4.24. The summed E-state index contributed by atoms with van der Waals surface area (Å²) in [5.74, 6) is 0.440. The van der Waals surface area contributed by atoms with Crippen LogP contribution in [0, 0.1) is 6.92 Å². The molecule has 2 aromatic carbocycles. The number of aromatic nitrogens is 3. The number of carbonyl (C=O) groups is 1. The van der Waals surface area contributed by atoms with Gasteiger partial charge in [0, 0.05) is 11.7 Å². The van der Waals surface area contributed by atoms with Gasteiger partial charge in [0.25, 0.3) is 0 Å². The number of hydrogen-bond acceptors (Lipinski definition) is 4. The summed E-state index contributed by atoms with van der Waals surface area (Å²) < 4.78 is 1.94. The Morgan fingerprint density at radius 1 is 1.15 bits per heavy atom. The normalized spacial score (nSPS) is 15.9. The molecule has 0 saturated carbocycles. The number of rotatable bonds is 4. The van der Waals surface area contributed by atoms with E-state index in [0.29, 0.717) is 5.75 Å². The number of hydrogen-bond donors (Lipinski definition) is 0. The van der Waals surface area contributed by atoms with Gasteiger partial charge in [0.1, 0.15) is 6.33 Å². The topological polar surface area (TPSA) is 51.0 Å². The van der Waals surface area contributed by atoms with Gasteiger partial charge in [-0.15, -0.1) is 10.2 Å². The van der Waals surface area contributed by atoms with Crippen molar-refractivity contribution in [3.8, 4) is 5.69 Å². The molecular formula is C20H20N4OS.